The van der Waals surface area contributed by atoms with Crippen LogP contribution in [-0.4, -0.2) is 31.8 Å². The van der Waals surface area contributed by atoms with Crippen molar-refractivity contribution in [1.82, 2.24) is 14.9 Å². The number of benzene rings is 1. The minimum atomic E-state index is -0.695. The summed E-state index contributed by atoms with van der Waals surface area (Å²) in [4.78, 5) is 4.57. The minimum absolute atomic E-state index is 0.695. The van der Waals surface area contributed by atoms with Gasteiger partial charge in [0.25, 0.3) is 0 Å². The molecule has 5 heteroatoms. The van der Waals surface area contributed by atoms with Gasteiger partial charge in [-0.2, -0.15) is 0 Å². The highest BCUT2D eigenvalue weighted by Crippen LogP contribution is 2.13. The predicted octanol–water partition coefficient (Wildman–Crippen LogP) is 1.43. The van der Waals surface area contributed by atoms with Crippen LogP contribution in [0.2, 0.25) is 0 Å². The van der Waals surface area contributed by atoms with E-state index in [9.17, 15) is 4.21 Å². The molecule has 1 atom stereocenters. The molecule has 0 spiro atoms. The summed E-state index contributed by atoms with van der Waals surface area (Å²) in [5.41, 5.74) is 2.17. The van der Waals surface area contributed by atoms with Crippen molar-refractivity contribution in [2.24, 2.45) is 7.05 Å². The van der Waals surface area contributed by atoms with Crippen molar-refractivity contribution in [2.75, 3.05) is 18.1 Å². The van der Waals surface area contributed by atoms with E-state index < -0.39 is 10.8 Å². The average Bonchev–Trinajstić information content (AvgIpc) is 2.72. The second-order valence-electron chi connectivity index (χ2n) is 4.19. The molecule has 18 heavy (non-hydrogen) atoms. The second-order valence-corrected chi connectivity index (χ2v) is 6.05. The number of rotatable bonds is 6. The van der Waals surface area contributed by atoms with E-state index in [1.54, 1.807) is 0 Å². The van der Waals surface area contributed by atoms with Crippen molar-refractivity contribution in [3.05, 3.63) is 30.1 Å². The van der Waals surface area contributed by atoms with Gasteiger partial charge in [0.2, 0.25) is 0 Å². The van der Waals surface area contributed by atoms with Crippen molar-refractivity contribution in [2.45, 2.75) is 13.5 Å². The van der Waals surface area contributed by atoms with E-state index in [-0.39, 0.29) is 0 Å². The molecule has 1 aromatic heterocycles. The highest BCUT2D eigenvalue weighted by molar-refractivity contribution is 7.84. The topological polar surface area (TPSA) is 46.9 Å². The monoisotopic (exact) mass is 265 g/mol. The number of nitrogens with zero attached hydrogens (tertiary/aromatic N) is 2. The minimum Gasteiger partial charge on any atom is -0.330 e. The lowest BCUT2D eigenvalue weighted by atomic mass is 10.3. The molecule has 0 aliphatic rings. The average molecular weight is 265 g/mol. The Morgan fingerprint density at radius 1 is 1.39 bits per heavy atom. The third kappa shape index (κ3) is 2.97. The van der Waals surface area contributed by atoms with Gasteiger partial charge in [0.05, 0.1) is 17.6 Å². The van der Waals surface area contributed by atoms with Crippen LogP contribution >= 0.6 is 0 Å². The molecule has 2 aromatic rings. The van der Waals surface area contributed by atoms with E-state index in [2.05, 4.69) is 20.9 Å². The summed E-state index contributed by atoms with van der Waals surface area (Å²) in [5.74, 6) is 2.45. The molecule has 0 saturated carbocycles. The standard InChI is InChI=1S/C13H19N3OS/c1-3-18(17)9-8-14-10-13-15-11-6-4-5-7-12(11)16(13)2/h4-7,14H,3,8-10H2,1-2H3. The second kappa shape index (κ2) is 6.11. The SMILES string of the molecule is CCS(=O)CCNCc1nc2ccccc2n1C. The third-order valence-electron chi connectivity index (χ3n) is 2.99. The summed E-state index contributed by atoms with van der Waals surface area (Å²) in [7, 11) is 1.33. The molecule has 1 N–H and O–H groups in total. The molecule has 0 bridgehead atoms. The molecule has 1 aromatic carbocycles. The molecule has 0 radical (unpaired) electrons. The Morgan fingerprint density at radius 2 is 2.17 bits per heavy atom. The summed E-state index contributed by atoms with van der Waals surface area (Å²) in [6.07, 6.45) is 0. The fourth-order valence-corrected chi connectivity index (χ4v) is 2.54. The first-order valence-corrected chi connectivity index (χ1v) is 7.67. The van der Waals surface area contributed by atoms with Gasteiger partial charge in [0.15, 0.2) is 0 Å². The first kappa shape index (κ1) is 13.2. The zero-order chi connectivity index (χ0) is 13.0. The van der Waals surface area contributed by atoms with Crippen molar-refractivity contribution in [3.8, 4) is 0 Å². The van der Waals surface area contributed by atoms with E-state index in [4.69, 9.17) is 0 Å². The quantitative estimate of drug-likeness (QED) is 0.804. The Bertz CT molecular complexity index is 550. The van der Waals surface area contributed by atoms with Gasteiger partial charge in [-0.25, -0.2) is 4.98 Å². The molecule has 0 aliphatic carbocycles. The van der Waals surface area contributed by atoms with Gasteiger partial charge in [-0.1, -0.05) is 19.1 Å². The smallest absolute Gasteiger partial charge is 0.123 e. The van der Waals surface area contributed by atoms with E-state index in [1.165, 1.54) is 0 Å². The molecule has 0 fully saturated rings. The molecule has 98 valence electrons. The highest BCUT2D eigenvalue weighted by Gasteiger charge is 2.06. The van der Waals surface area contributed by atoms with Crippen molar-refractivity contribution < 1.29 is 4.21 Å². The number of nitrogens with one attached hydrogen (secondary N) is 1. The van der Waals surface area contributed by atoms with Crippen LogP contribution in [0.15, 0.2) is 24.3 Å². The normalized spacial score (nSPS) is 13.0. The van der Waals surface area contributed by atoms with Crippen molar-refractivity contribution in [3.63, 3.8) is 0 Å². The molecule has 1 heterocycles. The largest absolute Gasteiger partial charge is 0.330 e. The molecule has 1 unspecified atom stereocenters. The van der Waals surface area contributed by atoms with Gasteiger partial charge < -0.3 is 9.88 Å². The molecular weight excluding hydrogens is 246 g/mol. The summed E-state index contributed by atoms with van der Waals surface area (Å²) >= 11 is 0. The lowest BCUT2D eigenvalue weighted by Gasteiger charge is -2.04. The number of aromatic nitrogens is 2. The van der Waals surface area contributed by atoms with Crippen molar-refractivity contribution in [1.29, 1.82) is 0 Å². The Labute approximate surface area is 110 Å². The Kier molecular flexibility index (Phi) is 4.49. The van der Waals surface area contributed by atoms with Crippen LogP contribution in [-0.2, 0) is 24.4 Å². The maximum Gasteiger partial charge on any atom is 0.123 e. The van der Waals surface area contributed by atoms with Gasteiger partial charge in [0.1, 0.15) is 5.82 Å². The molecule has 2 rings (SSSR count). The zero-order valence-corrected chi connectivity index (χ0v) is 11.7. The fourth-order valence-electron chi connectivity index (χ4n) is 1.88. The number of imidazole rings is 1. The van der Waals surface area contributed by atoms with E-state index in [0.29, 0.717) is 12.3 Å². The molecule has 0 aliphatic heterocycles. The van der Waals surface area contributed by atoms with Crippen LogP contribution in [0.4, 0.5) is 0 Å². The Morgan fingerprint density at radius 3 is 2.89 bits per heavy atom. The summed E-state index contributed by atoms with van der Waals surface area (Å²) in [5, 5.41) is 3.29. The first-order valence-electron chi connectivity index (χ1n) is 6.18. The van der Waals surface area contributed by atoms with Gasteiger partial charge in [-0.3, -0.25) is 4.21 Å². The maximum atomic E-state index is 11.3. The van der Waals surface area contributed by atoms with E-state index in [0.717, 1.165) is 29.2 Å². The van der Waals surface area contributed by atoms with Crippen molar-refractivity contribution >= 4 is 21.8 Å². The van der Waals surface area contributed by atoms with Crippen LogP contribution in [0.25, 0.3) is 11.0 Å². The molecule has 0 saturated heterocycles. The summed E-state index contributed by atoms with van der Waals surface area (Å²) < 4.78 is 13.4. The lowest BCUT2D eigenvalue weighted by molar-refractivity contribution is 0.655. The number of fused-ring (bicyclic) bond motifs is 1. The summed E-state index contributed by atoms with van der Waals surface area (Å²) in [6, 6.07) is 8.10. The van der Waals surface area contributed by atoms with Crippen LogP contribution in [0.1, 0.15) is 12.7 Å². The van der Waals surface area contributed by atoms with Crippen LogP contribution in [0, 0.1) is 0 Å². The van der Waals surface area contributed by atoms with Crippen LogP contribution in [0.3, 0.4) is 0 Å². The van der Waals surface area contributed by atoms with Gasteiger partial charge in [-0.05, 0) is 12.1 Å². The van der Waals surface area contributed by atoms with Gasteiger partial charge in [0, 0.05) is 35.9 Å². The molecule has 0 amide bonds. The fraction of sp³-hybridized carbons (Fsp3) is 0.462. The molecule has 4 nitrogen and oxygen atoms in total. The highest BCUT2D eigenvalue weighted by atomic mass is 32.2. The van der Waals surface area contributed by atoms with Crippen LogP contribution in [0.5, 0.6) is 0 Å². The van der Waals surface area contributed by atoms with Crippen LogP contribution < -0.4 is 5.32 Å². The van der Waals surface area contributed by atoms with Gasteiger partial charge >= 0.3 is 0 Å². The lowest BCUT2D eigenvalue weighted by Crippen LogP contribution is -2.22. The number of para-hydroxylation sites is 2. The first-order chi connectivity index (χ1) is 8.72. The third-order valence-corrected chi connectivity index (χ3v) is 4.29. The Hall–Kier alpha value is -1.20. The number of aryl methyl sites for hydroxylation is 1. The van der Waals surface area contributed by atoms with E-state index in [1.807, 2.05) is 32.2 Å². The molecular formula is C13H19N3OS. The predicted molar refractivity (Wildman–Crippen MR) is 76.0 cm³/mol. The maximum absolute atomic E-state index is 11.3. The van der Waals surface area contributed by atoms with E-state index >= 15 is 0 Å². The Balaban J connectivity index is 1.95. The van der Waals surface area contributed by atoms with Gasteiger partial charge in [-0.15, -0.1) is 0 Å². The zero-order valence-electron chi connectivity index (χ0n) is 10.8. The summed E-state index contributed by atoms with van der Waals surface area (Å²) in [6.45, 7) is 3.43. The number of hydrogen-bond acceptors (Lipinski definition) is 3. The number of hydrogen-bond donors (Lipinski definition) is 1.